The number of rotatable bonds is 4. The smallest absolute Gasteiger partial charge is 0.310 e. The molecular formula is C15H13BrO3. The molecule has 0 saturated heterocycles. The van der Waals surface area contributed by atoms with E-state index in [2.05, 4.69) is 20.7 Å². The standard InChI is InChI=1S/C15H13BrO3/c1-18-15(17)9-11-7-8-13(10-14(11)16)19-12-5-3-2-4-6-12/h2-8,10H,9H2,1H3. The normalized spacial score (nSPS) is 10.0. The highest BCUT2D eigenvalue weighted by Crippen LogP contribution is 2.27. The third kappa shape index (κ3) is 3.83. The summed E-state index contributed by atoms with van der Waals surface area (Å²) in [6, 6.07) is 15.0. The maximum atomic E-state index is 11.2. The van der Waals surface area contributed by atoms with E-state index in [-0.39, 0.29) is 12.4 Å². The summed E-state index contributed by atoms with van der Waals surface area (Å²) < 4.78 is 11.2. The summed E-state index contributed by atoms with van der Waals surface area (Å²) in [5, 5.41) is 0. The molecule has 0 fully saturated rings. The Balaban J connectivity index is 2.13. The first-order valence-electron chi connectivity index (χ1n) is 5.77. The summed E-state index contributed by atoms with van der Waals surface area (Å²) in [5.74, 6) is 1.22. The molecule has 0 spiro atoms. The third-order valence-electron chi connectivity index (χ3n) is 2.57. The average molecular weight is 321 g/mol. The summed E-state index contributed by atoms with van der Waals surface area (Å²) in [4.78, 5) is 11.2. The lowest BCUT2D eigenvalue weighted by molar-refractivity contribution is -0.139. The van der Waals surface area contributed by atoms with Crippen molar-refractivity contribution in [2.45, 2.75) is 6.42 Å². The molecule has 4 heteroatoms. The van der Waals surface area contributed by atoms with Gasteiger partial charge in [0.15, 0.2) is 0 Å². The van der Waals surface area contributed by atoms with Gasteiger partial charge in [0.2, 0.25) is 0 Å². The van der Waals surface area contributed by atoms with Gasteiger partial charge in [-0.1, -0.05) is 40.2 Å². The van der Waals surface area contributed by atoms with Crippen LogP contribution in [0.4, 0.5) is 0 Å². The van der Waals surface area contributed by atoms with Gasteiger partial charge < -0.3 is 9.47 Å². The molecule has 0 N–H and O–H groups in total. The fourth-order valence-corrected chi connectivity index (χ4v) is 2.09. The van der Waals surface area contributed by atoms with Gasteiger partial charge in [-0.25, -0.2) is 0 Å². The van der Waals surface area contributed by atoms with E-state index < -0.39 is 0 Å². The van der Waals surface area contributed by atoms with E-state index in [1.165, 1.54) is 7.11 Å². The molecule has 0 atom stereocenters. The van der Waals surface area contributed by atoms with Gasteiger partial charge in [-0.2, -0.15) is 0 Å². The molecule has 0 radical (unpaired) electrons. The second kappa shape index (κ2) is 6.38. The SMILES string of the molecule is COC(=O)Cc1ccc(Oc2ccccc2)cc1Br. The van der Waals surface area contributed by atoms with E-state index in [0.717, 1.165) is 15.8 Å². The molecule has 0 aliphatic carbocycles. The van der Waals surface area contributed by atoms with Crippen LogP contribution in [0, 0.1) is 0 Å². The molecule has 0 saturated carbocycles. The van der Waals surface area contributed by atoms with Crippen molar-refractivity contribution in [2.75, 3.05) is 7.11 Å². The average Bonchev–Trinajstić information content (AvgIpc) is 2.43. The van der Waals surface area contributed by atoms with Gasteiger partial charge in [0.25, 0.3) is 0 Å². The molecule has 0 heterocycles. The van der Waals surface area contributed by atoms with E-state index in [0.29, 0.717) is 5.75 Å². The molecule has 0 bridgehead atoms. The minimum absolute atomic E-state index is 0.239. The first-order valence-corrected chi connectivity index (χ1v) is 6.56. The first-order chi connectivity index (χ1) is 9.19. The number of methoxy groups -OCH3 is 1. The second-order valence-electron chi connectivity index (χ2n) is 3.92. The van der Waals surface area contributed by atoms with Gasteiger partial charge in [0.1, 0.15) is 11.5 Å². The molecule has 0 aliphatic rings. The fourth-order valence-electron chi connectivity index (χ4n) is 1.59. The van der Waals surface area contributed by atoms with Crippen LogP contribution in [0.3, 0.4) is 0 Å². The van der Waals surface area contributed by atoms with Crippen LogP contribution in [-0.2, 0) is 16.0 Å². The molecule has 0 aliphatic heterocycles. The Labute approximate surface area is 120 Å². The number of para-hydroxylation sites is 1. The molecular weight excluding hydrogens is 308 g/mol. The number of hydrogen-bond donors (Lipinski definition) is 0. The van der Waals surface area contributed by atoms with Gasteiger partial charge >= 0.3 is 5.97 Å². The lowest BCUT2D eigenvalue weighted by Gasteiger charge is -2.08. The van der Waals surface area contributed by atoms with Crippen LogP contribution in [-0.4, -0.2) is 13.1 Å². The molecule has 19 heavy (non-hydrogen) atoms. The predicted molar refractivity (Wildman–Crippen MR) is 76.4 cm³/mol. The van der Waals surface area contributed by atoms with Crippen LogP contribution in [0.25, 0.3) is 0 Å². The summed E-state index contributed by atoms with van der Waals surface area (Å²) in [6.07, 6.45) is 0.239. The minimum Gasteiger partial charge on any atom is -0.469 e. The molecule has 2 aromatic rings. The Morgan fingerprint density at radius 3 is 2.47 bits per heavy atom. The quantitative estimate of drug-likeness (QED) is 0.800. The summed E-state index contributed by atoms with van der Waals surface area (Å²) >= 11 is 3.43. The van der Waals surface area contributed by atoms with Crippen molar-refractivity contribution in [1.82, 2.24) is 0 Å². The summed E-state index contributed by atoms with van der Waals surface area (Å²) in [5.41, 5.74) is 0.868. The Hall–Kier alpha value is -1.81. The maximum Gasteiger partial charge on any atom is 0.310 e. The van der Waals surface area contributed by atoms with Gasteiger partial charge in [-0.05, 0) is 29.8 Å². The Kier molecular flexibility index (Phi) is 4.58. The number of halogens is 1. The van der Waals surface area contributed by atoms with E-state index in [9.17, 15) is 4.79 Å². The number of hydrogen-bond acceptors (Lipinski definition) is 3. The lowest BCUT2D eigenvalue weighted by atomic mass is 10.1. The molecule has 0 unspecified atom stereocenters. The van der Waals surface area contributed by atoms with Gasteiger partial charge in [0.05, 0.1) is 13.5 Å². The van der Waals surface area contributed by atoms with E-state index in [4.69, 9.17) is 4.74 Å². The van der Waals surface area contributed by atoms with Crippen LogP contribution in [0.5, 0.6) is 11.5 Å². The van der Waals surface area contributed by atoms with Gasteiger partial charge in [-0.3, -0.25) is 4.79 Å². The van der Waals surface area contributed by atoms with E-state index in [1.807, 2.05) is 48.5 Å². The highest BCUT2D eigenvalue weighted by Gasteiger charge is 2.08. The lowest BCUT2D eigenvalue weighted by Crippen LogP contribution is -2.04. The molecule has 2 aromatic carbocycles. The molecule has 0 amide bonds. The van der Waals surface area contributed by atoms with Crippen LogP contribution >= 0.6 is 15.9 Å². The highest BCUT2D eigenvalue weighted by molar-refractivity contribution is 9.10. The van der Waals surface area contributed by atoms with Crippen LogP contribution < -0.4 is 4.74 Å². The predicted octanol–water partition coefficient (Wildman–Crippen LogP) is 3.96. The topological polar surface area (TPSA) is 35.5 Å². The zero-order valence-electron chi connectivity index (χ0n) is 10.4. The number of ether oxygens (including phenoxy) is 2. The largest absolute Gasteiger partial charge is 0.469 e. The van der Waals surface area contributed by atoms with Crippen LogP contribution in [0.2, 0.25) is 0 Å². The number of benzene rings is 2. The Morgan fingerprint density at radius 1 is 1.11 bits per heavy atom. The Morgan fingerprint density at radius 2 is 1.84 bits per heavy atom. The second-order valence-corrected chi connectivity index (χ2v) is 4.78. The van der Waals surface area contributed by atoms with Gasteiger partial charge in [-0.15, -0.1) is 0 Å². The minimum atomic E-state index is -0.266. The monoisotopic (exact) mass is 320 g/mol. The summed E-state index contributed by atoms with van der Waals surface area (Å²) in [7, 11) is 1.38. The highest BCUT2D eigenvalue weighted by atomic mass is 79.9. The van der Waals surface area contributed by atoms with Crippen molar-refractivity contribution in [3.63, 3.8) is 0 Å². The maximum absolute atomic E-state index is 11.2. The van der Waals surface area contributed by atoms with Crippen LogP contribution in [0.1, 0.15) is 5.56 Å². The van der Waals surface area contributed by atoms with Crippen molar-refractivity contribution in [1.29, 1.82) is 0 Å². The van der Waals surface area contributed by atoms with E-state index in [1.54, 1.807) is 0 Å². The molecule has 0 aromatic heterocycles. The third-order valence-corrected chi connectivity index (χ3v) is 3.30. The molecule has 98 valence electrons. The zero-order chi connectivity index (χ0) is 13.7. The van der Waals surface area contributed by atoms with Crippen molar-refractivity contribution >= 4 is 21.9 Å². The fraction of sp³-hybridized carbons (Fsp3) is 0.133. The number of carbonyl (C=O) groups is 1. The van der Waals surface area contributed by atoms with E-state index >= 15 is 0 Å². The van der Waals surface area contributed by atoms with Crippen molar-refractivity contribution < 1.29 is 14.3 Å². The van der Waals surface area contributed by atoms with Crippen LogP contribution in [0.15, 0.2) is 53.0 Å². The van der Waals surface area contributed by atoms with Crippen molar-refractivity contribution in [2.24, 2.45) is 0 Å². The Bertz CT molecular complexity index is 567. The zero-order valence-corrected chi connectivity index (χ0v) is 12.0. The number of carbonyl (C=O) groups excluding carboxylic acids is 1. The first kappa shape index (κ1) is 13.6. The van der Waals surface area contributed by atoms with Crippen molar-refractivity contribution in [3.8, 4) is 11.5 Å². The van der Waals surface area contributed by atoms with Crippen molar-refractivity contribution in [3.05, 3.63) is 58.6 Å². The molecule has 2 rings (SSSR count). The summed E-state index contributed by atoms with van der Waals surface area (Å²) in [6.45, 7) is 0. The molecule has 3 nitrogen and oxygen atoms in total. The van der Waals surface area contributed by atoms with Gasteiger partial charge in [0, 0.05) is 4.47 Å². The number of esters is 1.